The van der Waals surface area contributed by atoms with Gasteiger partial charge in [0.15, 0.2) is 0 Å². The molecule has 0 saturated carbocycles. The lowest BCUT2D eigenvalue weighted by molar-refractivity contribution is -0.151. The molecule has 0 radical (unpaired) electrons. The van der Waals surface area contributed by atoms with E-state index in [1.165, 1.54) is 86.8 Å². The lowest BCUT2D eigenvalue weighted by Gasteiger charge is -2.38. The van der Waals surface area contributed by atoms with E-state index in [1.54, 1.807) is 31.5 Å². The van der Waals surface area contributed by atoms with Crippen LogP contribution in [0.4, 0.5) is 8.78 Å². The number of fused-ring (bicyclic) bond motifs is 6. The number of aromatic nitrogens is 2. The topological polar surface area (TPSA) is 356 Å². The number of halogens is 2. The minimum Gasteiger partial charge on any atom is -0.508 e. The molecule has 28 heteroatoms. The van der Waals surface area contributed by atoms with Crippen molar-refractivity contribution in [2.24, 2.45) is 17.4 Å². The van der Waals surface area contributed by atoms with E-state index >= 15 is 28.4 Å². The molecule has 10 rings (SSSR count). The van der Waals surface area contributed by atoms with E-state index in [-0.39, 0.29) is 94.8 Å². The Morgan fingerprint density at radius 2 is 1.27 bits per heavy atom. The number of nitrogens with two attached hydrogens (primary N) is 2. The molecule has 3 fully saturated rings. The molecule has 6 aromatic rings. The minimum atomic E-state index is -1.55. The molecule has 3 saturated heterocycles. The maximum atomic E-state index is 15.8. The predicted molar refractivity (Wildman–Crippen MR) is 376 cm³/mol. The lowest BCUT2D eigenvalue weighted by atomic mass is 9.92. The van der Waals surface area contributed by atoms with Gasteiger partial charge >= 0.3 is 0 Å². The number of nitrogens with one attached hydrogen (secondary N) is 8. The first-order valence-corrected chi connectivity index (χ1v) is 36.5. The van der Waals surface area contributed by atoms with Crippen LogP contribution in [0.2, 0.25) is 0 Å². The van der Waals surface area contributed by atoms with E-state index in [9.17, 15) is 33.5 Å². The van der Waals surface area contributed by atoms with Crippen LogP contribution in [0.5, 0.6) is 5.75 Å². The zero-order valence-corrected chi connectivity index (χ0v) is 58.1. The van der Waals surface area contributed by atoms with Gasteiger partial charge in [-0.3, -0.25) is 47.9 Å². The normalized spacial score (nSPS) is 24.9. The number of benzene rings is 4. The summed E-state index contributed by atoms with van der Waals surface area (Å²) in [7, 11) is 0. The Hall–Kier alpha value is -9.02. The summed E-state index contributed by atoms with van der Waals surface area (Å²) >= 11 is 2.87. The number of aromatic hydroxyl groups is 1. The monoisotopic (exact) mass is 1410 g/mol. The van der Waals surface area contributed by atoms with Crippen molar-refractivity contribution in [2.45, 2.75) is 163 Å². The first-order chi connectivity index (χ1) is 47.9. The smallest absolute Gasteiger partial charge is 0.249 e. The molecule has 4 aliphatic rings. The van der Waals surface area contributed by atoms with E-state index in [0.29, 0.717) is 88.0 Å². The minimum absolute atomic E-state index is 0.00531. The van der Waals surface area contributed by atoms with Crippen LogP contribution in [0.15, 0.2) is 97.3 Å². The van der Waals surface area contributed by atoms with Gasteiger partial charge in [0, 0.05) is 103 Å². The molecular formula is C72H89F2N13O11S2. The summed E-state index contributed by atoms with van der Waals surface area (Å²) < 4.78 is 30.0. The van der Waals surface area contributed by atoms with Crippen molar-refractivity contribution in [3.05, 3.63) is 137 Å². The Balaban J connectivity index is 0.988. The highest BCUT2D eigenvalue weighted by Crippen LogP contribution is 2.41. The summed E-state index contributed by atoms with van der Waals surface area (Å²) in [6.07, 6.45) is 5.06. The standard InChI is InChI=1S/C72H89F2N13O11S2/c1-42(2)29-60-66(94)83-57(31-43-12-16-50(88)17-13-43)67(95)86-25-7-21-71(86,3)69(97)84-59(63(76)91)41-100-40-45-10-6-9-44(30-45)39-99-28-20-61(89)80-55(11-4-5-24-75)64(92)79-38-62(90)81-56(32-46-36-77-53-18-14-48(73)34-51(46)53)65(93)82-58(33-47-37-78-54-19-15-49(74)35-52(47)54)68(96)87-26-8-22-72(87)23-27-85(60)70(72)98/h6,9-10,12-19,30,34-37,42,55-60,77-78,88H,4-5,7-8,11,20-29,31-33,38-41,75H2,1-3H3,(H2,76,91)(H,79,92)(H,80,89)(H,81,90)(H,82,93)(H,83,94)(H,84,97)/t55-,56-,57-,58-,59-,60-,71-,72-/m0/s1. The van der Waals surface area contributed by atoms with Crippen molar-refractivity contribution in [1.82, 2.24) is 56.6 Å². The van der Waals surface area contributed by atoms with Crippen molar-refractivity contribution in [3.63, 3.8) is 0 Å². The molecule has 0 unspecified atom stereocenters. The molecule has 24 nitrogen and oxygen atoms in total. The van der Waals surface area contributed by atoms with Gasteiger partial charge in [0.25, 0.3) is 0 Å². The molecule has 4 aliphatic heterocycles. The molecule has 0 aliphatic carbocycles. The van der Waals surface area contributed by atoms with Crippen LogP contribution in [-0.2, 0) is 78.7 Å². The summed E-state index contributed by atoms with van der Waals surface area (Å²) in [6, 6.07) is 14.2. The van der Waals surface area contributed by atoms with E-state index < -0.39 is 125 Å². The number of unbranched alkanes of at least 4 members (excludes halogenated alkanes) is 1. The van der Waals surface area contributed by atoms with Crippen LogP contribution < -0.4 is 43.4 Å². The molecule has 1 spiro atoms. The fourth-order valence-electron chi connectivity index (χ4n) is 14.1. The van der Waals surface area contributed by atoms with Crippen molar-refractivity contribution in [3.8, 4) is 5.75 Å². The average molecular weight is 1410 g/mol. The Kier molecular flexibility index (Phi) is 24.3. The highest BCUT2D eigenvalue weighted by atomic mass is 32.2. The number of nitrogens with zero attached hydrogens (tertiary/aromatic N) is 3. The van der Waals surface area contributed by atoms with Gasteiger partial charge < -0.3 is 73.1 Å². The van der Waals surface area contributed by atoms with Crippen LogP contribution in [0.3, 0.4) is 0 Å². The number of H-pyrrole nitrogens is 2. The number of rotatable bonds is 13. The van der Waals surface area contributed by atoms with E-state index in [1.807, 2.05) is 38.1 Å². The van der Waals surface area contributed by atoms with Gasteiger partial charge in [-0.25, -0.2) is 8.78 Å². The molecule has 2 aromatic heterocycles. The quantitative estimate of drug-likeness (QED) is 0.0694. The summed E-state index contributed by atoms with van der Waals surface area (Å²) in [5.41, 5.74) is 13.0. The third kappa shape index (κ3) is 17.6. The highest BCUT2D eigenvalue weighted by molar-refractivity contribution is 7.98. The number of aromatic amines is 2. The summed E-state index contributed by atoms with van der Waals surface area (Å²) in [4.78, 5) is 158. The van der Waals surface area contributed by atoms with Crippen LogP contribution in [0.1, 0.15) is 113 Å². The van der Waals surface area contributed by atoms with Crippen molar-refractivity contribution in [2.75, 3.05) is 44.2 Å². The maximum absolute atomic E-state index is 15.8. The van der Waals surface area contributed by atoms with Gasteiger partial charge in [0.05, 0.1) is 6.54 Å². The maximum Gasteiger partial charge on any atom is 0.249 e. The third-order valence-corrected chi connectivity index (χ3v) is 21.6. The zero-order chi connectivity index (χ0) is 71.4. The van der Waals surface area contributed by atoms with Crippen molar-refractivity contribution in [1.29, 1.82) is 0 Å². The van der Waals surface area contributed by atoms with Crippen LogP contribution in [0, 0.1) is 17.6 Å². The molecule has 4 bridgehead atoms. The van der Waals surface area contributed by atoms with Crippen molar-refractivity contribution < 1.29 is 61.8 Å². The predicted octanol–water partition coefficient (Wildman–Crippen LogP) is 4.78. The Morgan fingerprint density at radius 3 is 1.93 bits per heavy atom. The molecule has 6 heterocycles. The number of carbonyl (C=O) groups is 10. The number of thioether (sulfide) groups is 2. The molecule has 13 N–H and O–H groups in total. The molecule has 4 aromatic carbocycles. The largest absolute Gasteiger partial charge is 0.508 e. The van der Waals surface area contributed by atoms with Gasteiger partial charge in [-0.1, -0.05) is 50.2 Å². The van der Waals surface area contributed by atoms with Crippen LogP contribution in [-0.4, -0.2) is 180 Å². The number of hydrogen-bond donors (Lipinski definition) is 11. The number of amides is 10. The lowest BCUT2D eigenvalue weighted by Crippen LogP contribution is -2.63. The number of primary amides is 1. The van der Waals surface area contributed by atoms with E-state index in [2.05, 4.69) is 41.9 Å². The van der Waals surface area contributed by atoms with Gasteiger partial charge in [0.2, 0.25) is 59.1 Å². The fourth-order valence-corrected chi connectivity index (χ4v) is 16.0. The number of phenols is 1. The highest BCUT2D eigenvalue weighted by Gasteiger charge is 2.58. The number of carbonyl (C=O) groups excluding carboxylic acids is 10. The van der Waals surface area contributed by atoms with E-state index in [0.717, 1.165) is 11.1 Å². The van der Waals surface area contributed by atoms with E-state index in [4.69, 9.17) is 11.5 Å². The molecular weight excluding hydrogens is 1330 g/mol. The fraction of sp³-hybridized carbons (Fsp3) is 0.472. The summed E-state index contributed by atoms with van der Waals surface area (Å²) in [5, 5.41) is 28.0. The second kappa shape index (κ2) is 33.0. The first-order valence-electron chi connectivity index (χ1n) is 34.2. The number of hydrogen-bond acceptors (Lipinski definition) is 14. The SMILES string of the molecule is CC(C)C[C@H]1C(=O)N[C@@H](Cc2ccc(O)cc2)C(=O)N2CCC[C@@]2(C)C(=O)N[C@H](C(N)=O)CSCc2cccc(c2)CSCCC(=O)N[C@@H](CCCCN)C(=O)NCC(=O)N[C@@H](Cc2c[nH]c3ccc(F)cc23)C(=O)N[C@@H](Cc2c[nH]c3ccc(F)cc23)C(=O)N2CCC[C@@]23CCN1C3=O. The van der Waals surface area contributed by atoms with Gasteiger partial charge in [0.1, 0.15) is 64.7 Å². The average Bonchev–Trinajstić information content (AvgIpc) is 1.58. The summed E-state index contributed by atoms with van der Waals surface area (Å²) in [6.45, 7) is 5.17. The second-order valence-electron chi connectivity index (χ2n) is 27.1. The van der Waals surface area contributed by atoms with Gasteiger partial charge in [-0.15, -0.1) is 0 Å². The molecule has 534 valence electrons. The molecule has 100 heavy (non-hydrogen) atoms. The number of phenolic OH excluding ortho intramolecular Hbond substituents is 1. The van der Waals surface area contributed by atoms with Gasteiger partial charge in [-0.05, 0) is 154 Å². The van der Waals surface area contributed by atoms with Crippen molar-refractivity contribution >= 4 is 104 Å². The third-order valence-electron chi connectivity index (χ3n) is 19.5. The summed E-state index contributed by atoms with van der Waals surface area (Å²) in [5.74, 6) is -6.68. The van der Waals surface area contributed by atoms with Gasteiger partial charge in [-0.2, -0.15) is 23.5 Å². The van der Waals surface area contributed by atoms with Crippen LogP contribution in [0.25, 0.3) is 21.8 Å². The molecule has 10 amide bonds. The Bertz CT molecular complexity index is 4020. The zero-order valence-electron chi connectivity index (χ0n) is 56.4. The Labute approximate surface area is 587 Å². The molecule has 8 atom stereocenters. The van der Waals surface area contributed by atoms with Crippen LogP contribution >= 0.6 is 23.5 Å². The Morgan fingerprint density at radius 1 is 0.660 bits per heavy atom. The first kappa shape index (κ1) is 73.7. The second-order valence-corrected chi connectivity index (χ2v) is 29.2.